The molecule has 0 spiro atoms. The SMILES string of the molecule is CCCNC1CCCc2nc(Cc3csc(C)n3)sc21. The molecule has 1 aliphatic rings. The van der Waals surface area contributed by atoms with Crippen molar-refractivity contribution >= 4 is 22.7 Å². The Bertz CT molecular complexity index is 573. The van der Waals surface area contributed by atoms with Crippen molar-refractivity contribution in [3.8, 4) is 0 Å². The summed E-state index contributed by atoms with van der Waals surface area (Å²) in [6.07, 6.45) is 5.74. The third kappa shape index (κ3) is 3.10. The van der Waals surface area contributed by atoms with Gasteiger partial charge < -0.3 is 5.32 Å². The van der Waals surface area contributed by atoms with Gasteiger partial charge in [0.2, 0.25) is 0 Å². The predicted molar refractivity (Wildman–Crippen MR) is 85.7 cm³/mol. The number of rotatable bonds is 5. The topological polar surface area (TPSA) is 37.8 Å². The molecule has 0 saturated carbocycles. The van der Waals surface area contributed by atoms with Crippen molar-refractivity contribution in [3.05, 3.63) is 31.7 Å². The van der Waals surface area contributed by atoms with E-state index in [9.17, 15) is 0 Å². The zero-order valence-corrected chi connectivity index (χ0v) is 13.7. The van der Waals surface area contributed by atoms with E-state index in [0.717, 1.165) is 30.1 Å². The average Bonchev–Trinajstić information content (AvgIpc) is 3.02. The molecule has 0 fully saturated rings. The van der Waals surface area contributed by atoms with E-state index in [1.54, 1.807) is 11.3 Å². The van der Waals surface area contributed by atoms with E-state index < -0.39 is 0 Å². The monoisotopic (exact) mass is 307 g/mol. The first-order valence-electron chi connectivity index (χ1n) is 7.39. The summed E-state index contributed by atoms with van der Waals surface area (Å²) in [6.45, 7) is 5.38. The van der Waals surface area contributed by atoms with E-state index in [1.165, 1.54) is 34.8 Å². The fourth-order valence-electron chi connectivity index (χ4n) is 2.70. The van der Waals surface area contributed by atoms with E-state index in [-0.39, 0.29) is 0 Å². The Kier molecular flexibility index (Phi) is 4.48. The van der Waals surface area contributed by atoms with Crippen LogP contribution >= 0.6 is 22.7 Å². The zero-order chi connectivity index (χ0) is 13.9. The molecule has 1 N–H and O–H groups in total. The maximum Gasteiger partial charge on any atom is 0.0991 e. The molecule has 20 heavy (non-hydrogen) atoms. The van der Waals surface area contributed by atoms with Crippen LogP contribution in [0.4, 0.5) is 0 Å². The van der Waals surface area contributed by atoms with Gasteiger partial charge in [-0.05, 0) is 39.2 Å². The standard InChI is InChI=1S/C15H21N3S2/c1-3-7-16-12-5-4-6-13-15(12)20-14(18-13)8-11-9-19-10(2)17-11/h9,12,16H,3-8H2,1-2H3. The summed E-state index contributed by atoms with van der Waals surface area (Å²) < 4.78 is 0. The van der Waals surface area contributed by atoms with Gasteiger partial charge in [0.25, 0.3) is 0 Å². The Morgan fingerprint density at radius 1 is 1.40 bits per heavy atom. The lowest BCUT2D eigenvalue weighted by atomic mass is 9.98. The molecule has 1 atom stereocenters. The van der Waals surface area contributed by atoms with E-state index in [2.05, 4.69) is 29.5 Å². The van der Waals surface area contributed by atoms with Crippen LogP contribution in [-0.4, -0.2) is 16.5 Å². The first-order valence-corrected chi connectivity index (χ1v) is 9.08. The van der Waals surface area contributed by atoms with Crippen molar-refractivity contribution in [2.45, 2.75) is 52.0 Å². The molecule has 5 heteroatoms. The van der Waals surface area contributed by atoms with Crippen molar-refractivity contribution in [2.24, 2.45) is 0 Å². The molecule has 108 valence electrons. The molecule has 2 aromatic heterocycles. The Morgan fingerprint density at radius 2 is 2.30 bits per heavy atom. The van der Waals surface area contributed by atoms with Crippen LogP contribution in [0.3, 0.4) is 0 Å². The Hall–Kier alpha value is -0.780. The van der Waals surface area contributed by atoms with Gasteiger partial charge in [-0.3, -0.25) is 0 Å². The lowest BCUT2D eigenvalue weighted by molar-refractivity contribution is 0.464. The fraction of sp³-hybridized carbons (Fsp3) is 0.600. The Balaban J connectivity index is 1.76. The molecule has 0 bridgehead atoms. The lowest BCUT2D eigenvalue weighted by Crippen LogP contribution is -2.24. The Morgan fingerprint density at radius 3 is 3.05 bits per heavy atom. The molecular weight excluding hydrogens is 286 g/mol. The highest BCUT2D eigenvalue weighted by atomic mass is 32.1. The average molecular weight is 307 g/mol. The number of fused-ring (bicyclic) bond motifs is 1. The van der Waals surface area contributed by atoms with Crippen molar-refractivity contribution in [2.75, 3.05) is 6.54 Å². The summed E-state index contributed by atoms with van der Waals surface area (Å²) in [5, 5.41) is 8.19. The summed E-state index contributed by atoms with van der Waals surface area (Å²) in [5.74, 6) is 0. The number of nitrogens with one attached hydrogen (secondary N) is 1. The van der Waals surface area contributed by atoms with Crippen LogP contribution in [0.25, 0.3) is 0 Å². The molecule has 2 heterocycles. The quantitative estimate of drug-likeness (QED) is 0.911. The highest BCUT2D eigenvalue weighted by Crippen LogP contribution is 2.34. The van der Waals surface area contributed by atoms with E-state index in [1.807, 2.05) is 11.3 Å². The number of aromatic nitrogens is 2. The van der Waals surface area contributed by atoms with Gasteiger partial charge in [-0.1, -0.05) is 6.92 Å². The molecule has 2 aromatic rings. The van der Waals surface area contributed by atoms with Crippen LogP contribution in [0.5, 0.6) is 0 Å². The second-order valence-corrected chi connectivity index (χ2v) is 7.53. The van der Waals surface area contributed by atoms with Crippen LogP contribution in [0, 0.1) is 6.92 Å². The molecule has 0 aromatic carbocycles. The second kappa shape index (κ2) is 6.33. The van der Waals surface area contributed by atoms with Crippen LogP contribution < -0.4 is 5.32 Å². The van der Waals surface area contributed by atoms with Gasteiger partial charge in [0.05, 0.1) is 21.4 Å². The van der Waals surface area contributed by atoms with Crippen LogP contribution in [0.15, 0.2) is 5.38 Å². The third-order valence-corrected chi connectivity index (χ3v) is 5.67. The molecule has 3 rings (SSSR count). The number of nitrogens with zero attached hydrogens (tertiary/aromatic N) is 2. The third-order valence-electron chi connectivity index (χ3n) is 3.63. The summed E-state index contributed by atoms with van der Waals surface area (Å²) in [6, 6.07) is 0.530. The summed E-state index contributed by atoms with van der Waals surface area (Å²) in [5.41, 5.74) is 2.49. The number of hydrogen-bond acceptors (Lipinski definition) is 5. The molecule has 1 unspecified atom stereocenters. The molecule has 1 aliphatic carbocycles. The zero-order valence-electron chi connectivity index (χ0n) is 12.1. The van der Waals surface area contributed by atoms with Gasteiger partial charge in [-0.2, -0.15) is 0 Å². The van der Waals surface area contributed by atoms with E-state index in [0.29, 0.717) is 6.04 Å². The van der Waals surface area contributed by atoms with Gasteiger partial charge in [-0.25, -0.2) is 9.97 Å². The van der Waals surface area contributed by atoms with Gasteiger partial charge in [-0.15, -0.1) is 22.7 Å². The largest absolute Gasteiger partial charge is 0.309 e. The highest BCUT2D eigenvalue weighted by molar-refractivity contribution is 7.12. The van der Waals surface area contributed by atoms with Crippen LogP contribution in [0.1, 0.15) is 58.5 Å². The first kappa shape index (κ1) is 14.2. The van der Waals surface area contributed by atoms with Crippen molar-refractivity contribution < 1.29 is 0 Å². The predicted octanol–water partition coefficient (Wildman–Crippen LogP) is 3.88. The molecule has 3 nitrogen and oxygen atoms in total. The normalized spacial score (nSPS) is 18.2. The van der Waals surface area contributed by atoms with Crippen molar-refractivity contribution in [3.63, 3.8) is 0 Å². The molecule has 0 aliphatic heterocycles. The fourth-order valence-corrected chi connectivity index (χ4v) is 4.55. The smallest absolute Gasteiger partial charge is 0.0991 e. The number of hydrogen-bond donors (Lipinski definition) is 1. The van der Waals surface area contributed by atoms with Crippen molar-refractivity contribution in [1.29, 1.82) is 0 Å². The first-order chi connectivity index (χ1) is 9.76. The molecule has 0 radical (unpaired) electrons. The lowest BCUT2D eigenvalue weighted by Gasteiger charge is -2.22. The second-order valence-electron chi connectivity index (χ2n) is 5.35. The highest BCUT2D eigenvalue weighted by Gasteiger charge is 2.24. The number of thiazole rings is 2. The maximum absolute atomic E-state index is 4.86. The molecule has 0 amide bonds. The van der Waals surface area contributed by atoms with Gasteiger partial charge >= 0.3 is 0 Å². The van der Waals surface area contributed by atoms with Crippen LogP contribution in [-0.2, 0) is 12.8 Å². The minimum absolute atomic E-state index is 0.530. The molecule has 0 saturated heterocycles. The summed E-state index contributed by atoms with van der Waals surface area (Å²) in [7, 11) is 0. The maximum atomic E-state index is 4.86. The van der Waals surface area contributed by atoms with E-state index in [4.69, 9.17) is 4.98 Å². The van der Waals surface area contributed by atoms with Gasteiger partial charge in [0, 0.05) is 22.7 Å². The summed E-state index contributed by atoms with van der Waals surface area (Å²) >= 11 is 3.61. The summed E-state index contributed by atoms with van der Waals surface area (Å²) in [4.78, 5) is 10.9. The number of aryl methyl sites for hydroxylation is 2. The minimum atomic E-state index is 0.530. The van der Waals surface area contributed by atoms with Crippen LogP contribution in [0.2, 0.25) is 0 Å². The molecular formula is C15H21N3S2. The Labute approximate surface area is 128 Å². The minimum Gasteiger partial charge on any atom is -0.309 e. The van der Waals surface area contributed by atoms with Gasteiger partial charge in [0.15, 0.2) is 0 Å². The van der Waals surface area contributed by atoms with Crippen molar-refractivity contribution in [1.82, 2.24) is 15.3 Å². The van der Waals surface area contributed by atoms with E-state index >= 15 is 0 Å². The van der Waals surface area contributed by atoms with Gasteiger partial charge in [0.1, 0.15) is 0 Å².